The number of aliphatic imine (C=N–C) groups is 1. The summed E-state index contributed by atoms with van der Waals surface area (Å²) in [5, 5.41) is 21.1. The highest BCUT2D eigenvalue weighted by Crippen LogP contribution is 2.43. The molecule has 2 rings (SSSR count). The molecule has 1 aromatic carbocycles. The van der Waals surface area contributed by atoms with Crippen LogP contribution in [0.4, 0.5) is 5.69 Å². The zero-order valence-electron chi connectivity index (χ0n) is 17.2. The van der Waals surface area contributed by atoms with Gasteiger partial charge in [0, 0.05) is 46.1 Å². The molecule has 0 saturated carbocycles. The van der Waals surface area contributed by atoms with Crippen molar-refractivity contribution in [1.82, 2.24) is 4.72 Å². The molecule has 0 bridgehead atoms. The maximum Gasteiger partial charge on any atom is 0.313 e. The molecule has 12 heteroatoms. The minimum absolute atomic E-state index is 0.0119. The third kappa shape index (κ3) is 5.54. The highest BCUT2D eigenvalue weighted by atomic mass is 35.5. The summed E-state index contributed by atoms with van der Waals surface area (Å²) in [6.07, 6.45) is 0. The number of halogens is 1. The number of carbonyl (C=O) groups is 2. The monoisotopic (exact) mass is 471 g/mol. The molecule has 2 unspecified atom stereocenters. The lowest BCUT2D eigenvalue weighted by molar-refractivity contribution is -0.384. The molecule has 0 amide bonds. The number of hydrogen-bond acceptors (Lipinski definition) is 7. The molecule has 0 aromatic heterocycles. The van der Waals surface area contributed by atoms with Gasteiger partial charge < -0.3 is 5.11 Å². The highest BCUT2D eigenvalue weighted by molar-refractivity contribution is 7.90. The van der Waals surface area contributed by atoms with Gasteiger partial charge in [-0.25, -0.2) is 13.1 Å². The van der Waals surface area contributed by atoms with E-state index in [0.717, 1.165) is 12.1 Å². The van der Waals surface area contributed by atoms with E-state index in [0.29, 0.717) is 0 Å². The smallest absolute Gasteiger partial charge is 0.313 e. The molecule has 2 N–H and O–H groups in total. The van der Waals surface area contributed by atoms with Crippen molar-refractivity contribution in [1.29, 1.82) is 0 Å². The van der Waals surface area contributed by atoms with Crippen molar-refractivity contribution in [3.8, 4) is 0 Å². The minimum Gasteiger partial charge on any atom is -0.481 e. The summed E-state index contributed by atoms with van der Waals surface area (Å²) in [4.78, 5) is 39.9. The van der Waals surface area contributed by atoms with Gasteiger partial charge in [0.25, 0.3) is 5.69 Å². The Hall–Kier alpha value is -2.63. The first-order valence-electron chi connectivity index (χ1n) is 9.21. The quantitative estimate of drug-likeness (QED) is 0.435. The van der Waals surface area contributed by atoms with Crippen molar-refractivity contribution in [3.05, 3.63) is 50.2 Å². The van der Waals surface area contributed by atoms with E-state index in [4.69, 9.17) is 11.6 Å². The summed E-state index contributed by atoms with van der Waals surface area (Å²) in [7, 11) is -4.01. The summed E-state index contributed by atoms with van der Waals surface area (Å²) in [5.74, 6) is -5.72. The molecule has 0 aliphatic carbocycles. The molecule has 31 heavy (non-hydrogen) atoms. The number of non-ortho nitro benzene ring substituents is 1. The predicted molar refractivity (Wildman–Crippen MR) is 115 cm³/mol. The Morgan fingerprint density at radius 3 is 2.45 bits per heavy atom. The van der Waals surface area contributed by atoms with E-state index < -0.39 is 50.3 Å². The fraction of sp³-hybridized carbons (Fsp3) is 0.421. The summed E-state index contributed by atoms with van der Waals surface area (Å²) < 4.78 is 26.9. The largest absolute Gasteiger partial charge is 0.481 e. The Morgan fingerprint density at radius 2 is 1.94 bits per heavy atom. The number of carboxylic acids is 1. The van der Waals surface area contributed by atoms with E-state index in [2.05, 4.69) is 9.71 Å². The van der Waals surface area contributed by atoms with Crippen LogP contribution in [0.1, 0.15) is 39.2 Å². The number of nitrogens with zero attached hydrogens (tertiary/aromatic N) is 2. The molecule has 1 heterocycles. The van der Waals surface area contributed by atoms with Crippen LogP contribution in [0.15, 0.2) is 34.5 Å². The highest BCUT2D eigenvalue weighted by Gasteiger charge is 2.42. The maximum atomic E-state index is 13.1. The number of hydrogen-bond donors (Lipinski definition) is 2. The number of ketones is 1. The van der Waals surface area contributed by atoms with Crippen molar-refractivity contribution >= 4 is 44.8 Å². The Morgan fingerprint density at radius 1 is 1.32 bits per heavy atom. The number of benzene rings is 1. The van der Waals surface area contributed by atoms with Gasteiger partial charge in [-0.2, -0.15) is 0 Å². The normalized spacial score (nSPS) is 19.4. The standard InChI is InChI=1S/C19H22ClN3O7S/c1-9(2)22-31(29,30)8-15(24)16-10(3)21-11(4)17(19(25)26)18(16)13-7-12(23(27)28)5-6-14(13)20/h5-7,9,17-18,22H,8H2,1-4H3,(H,25,26). The van der Waals surface area contributed by atoms with E-state index >= 15 is 0 Å². The first kappa shape index (κ1) is 24.6. The van der Waals surface area contributed by atoms with E-state index in [1.807, 2.05) is 0 Å². The first-order valence-corrected chi connectivity index (χ1v) is 11.2. The molecule has 2 atom stereocenters. The second-order valence-electron chi connectivity index (χ2n) is 7.46. The number of nitro benzene ring substituents is 1. The van der Waals surface area contributed by atoms with Crippen molar-refractivity contribution < 1.29 is 28.0 Å². The zero-order chi connectivity index (χ0) is 23.7. The molecule has 0 radical (unpaired) electrons. The van der Waals surface area contributed by atoms with Crippen LogP contribution in [-0.4, -0.2) is 47.7 Å². The zero-order valence-corrected chi connectivity index (χ0v) is 18.8. The molecular weight excluding hydrogens is 450 g/mol. The van der Waals surface area contributed by atoms with Gasteiger partial charge in [-0.3, -0.25) is 24.7 Å². The molecule has 10 nitrogen and oxygen atoms in total. The SMILES string of the molecule is CC1=NC(C)=C(C(=O)CS(=O)(=O)NC(C)C)C(c2cc([N+](=O)[O-])ccc2Cl)C1C(=O)O. The van der Waals surface area contributed by atoms with Gasteiger partial charge in [0.15, 0.2) is 5.78 Å². The van der Waals surface area contributed by atoms with Crippen molar-refractivity contribution in [2.75, 3.05) is 5.75 Å². The number of carbonyl (C=O) groups excluding carboxylic acids is 1. The van der Waals surface area contributed by atoms with Gasteiger partial charge in [0.2, 0.25) is 10.0 Å². The molecule has 0 fully saturated rings. The topological polar surface area (TPSA) is 156 Å². The van der Waals surface area contributed by atoms with E-state index in [-0.39, 0.29) is 33.3 Å². The number of rotatable bonds is 8. The molecular formula is C19H22ClN3O7S. The molecule has 0 spiro atoms. The molecule has 1 aliphatic heterocycles. The Balaban J connectivity index is 2.70. The van der Waals surface area contributed by atoms with E-state index in [9.17, 15) is 33.2 Å². The predicted octanol–water partition coefficient (Wildman–Crippen LogP) is 2.68. The number of sulfonamides is 1. The van der Waals surface area contributed by atoms with Crippen LogP contribution < -0.4 is 4.72 Å². The van der Waals surface area contributed by atoms with Gasteiger partial charge in [0.05, 0.1) is 4.92 Å². The third-order valence-corrected chi connectivity index (χ3v) is 6.47. The fourth-order valence-electron chi connectivity index (χ4n) is 3.59. The lowest BCUT2D eigenvalue weighted by Gasteiger charge is -2.31. The van der Waals surface area contributed by atoms with Gasteiger partial charge in [-0.1, -0.05) is 11.6 Å². The molecule has 1 aliphatic rings. The van der Waals surface area contributed by atoms with Crippen LogP contribution in [0.5, 0.6) is 0 Å². The molecule has 1 aromatic rings. The lowest BCUT2D eigenvalue weighted by Crippen LogP contribution is -2.39. The van der Waals surface area contributed by atoms with Crippen LogP contribution >= 0.6 is 11.6 Å². The summed E-state index contributed by atoms with van der Waals surface area (Å²) in [6, 6.07) is 3.04. The molecule has 0 saturated heterocycles. The number of carboxylic acid groups (broad SMARTS) is 1. The third-order valence-electron chi connectivity index (χ3n) is 4.66. The number of aliphatic carboxylic acids is 1. The Bertz CT molecular complexity index is 1110. The van der Waals surface area contributed by atoms with Crippen LogP contribution in [-0.2, 0) is 19.6 Å². The van der Waals surface area contributed by atoms with Crippen molar-refractivity contribution in [2.45, 2.75) is 39.7 Å². The second kappa shape index (κ2) is 9.25. The number of Topliss-reactive ketones (excluding diaryl/α,β-unsaturated/α-hetero) is 1. The lowest BCUT2D eigenvalue weighted by atomic mass is 9.74. The summed E-state index contributed by atoms with van der Waals surface area (Å²) in [5.41, 5.74) is -0.171. The Kier molecular flexibility index (Phi) is 7.35. The number of allylic oxidation sites excluding steroid dienone is 2. The Labute approximate surface area is 184 Å². The molecule has 168 valence electrons. The first-order chi connectivity index (χ1) is 14.2. The van der Waals surface area contributed by atoms with Crippen LogP contribution in [0, 0.1) is 16.0 Å². The van der Waals surface area contributed by atoms with Crippen LogP contribution in [0.3, 0.4) is 0 Å². The van der Waals surface area contributed by atoms with Crippen molar-refractivity contribution in [3.63, 3.8) is 0 Å². The summed E-state index contributed by atoms with van der Waals surface area (Å²) in [6.45, 7) is 6.09. The second-order valence-corrected chi connectivity index (χ2v) is 9.62. The average molecular weight is 472 g/mol. The fourth-order valence-corrected chi connectivity index (χ4v) is 5.13. The average Bonchev–Trinajstić information content (AvgIpc) is 2.58. The van der Waals surface area contributed by atoms with Crippen LogP contribution in [0.25, 0.3) is 0 Å². The van der Waals surface area contributed by atoms with Gasteiger partial charge in [-0.05, 0) is 39.3 Å². The minimum atomic E-state index is -4.01. The maximum absolute atomic E-state index is 13.1. The number of nitrogens with one attached hydrogen (secondary N) is 1. The van der Waals surface area contributed by atoms with Gasteiger partial charge in [-0.15, -0.1) is 0 Å². The number of nitro groups is 1. The van der Waals surface area contributed by atoms with Gasteiger partial charge in [0.1, 0.15) is 11.7 Å². The van der Waals surface area contributed by atoms with E-state index in [1.165, 1.54) is 19.9 Å². The van der Waals surface area contributed by atoms with Gasteiger partial charge >= 0.3 is 5.97 Å². The van der Waals surface area contributed by atoms with Crippen LogP contribution in [0.2, 0.25) is 5.02 Å². The summed E-state index contributed by atoms with van der Waals surface area (Å²) >= 11 is 6.25. The van der Waals surface area contributed by atoms with E-state index in [1.54, 1.807) is 13.8 Å². The van der Waals surface area contributed by atoms with Crippen molar-refractivity contribution in [2.24, 2.45) is 10.9 Å².